The van der Waals surface area contributed by atoms with Crippen LogP contribution in [-0.2, 0) is 9.53 Å². The second kappa shape index (κ2) is 7.99. The zero-order valence-corrected chi connectivity index (χ0v) is 14.7. The summed E-state index contributed by atoms with van der Waals surface area (Å²) in [7, 11) is 1.68. The summed E-state index contributed by atoms with van der Waals surface area (Å²) in [5.41, 5.74) is 1.32. The standard InChI is InChI=1S/C19H28N2O3/c1-14-10-16(15-5-7-17(23-2)8-6-15)12-21(14)13-19(22)20-11-18-4-3-9-24-18/h5-8,14,16,18H,3-4,9-13H2,1-2H3,(H,20,22)/t14-,16-,18+/m1/s1. The van der Waals surface area contributed by atoms with Gasteiger partial charge < -0.3 is 14.8 Å². The first-order chi connectivity index (χ1) is 11.7. The van der Waals surface area contributed by atoms with Crippen molar-refractivity contribution in [2.45, 2.75) is 44.2 Å². The fourth-order valence-electron chi connectivity index (χ4n) is 3.71. The number of nitrogens with one attached hydrogen (secondary N) is 1. The van der Waals surface area contributed by atoms with Crippen LogP contribution >= 0.6 is 0 Å². The summed E-state index contributed by atoms with van der Waals surface area (Å²) in [6.07, 6.45) is 3.45. The molecule has 24 heavy (non-hydrogen) atoms. The third-order valence-corrected chi connectivity index (χ3v) is 5.19. The van der Waals surface area contributed by atoms with Crippen LogP contribution in [0.3, 0.4) is 0 Å². The summed E-state index contributed by atoms with van der Waals surface area (Å²) in [5.74, 6) is 1.47. The monoisotopic (exact) mass is 332 g/mol. The van der Waals surface area contributed by atoms with Crippen molar-refractivity contribution in [2.75, 3.05) is 33.4 Å². The van der Waals surface area contributed by atoms with Gasteiger partial charge in [-0.3, -0.25) is 9.69 Å². The molecule has 2 fully saturated rings. The number of amides is 1. The first kappa shape index (κ1) is 17.2. The highest BCUT2D eigenvalue weighted by Gasteiger charge is 2.31. The number of benzene rings is 1. The van der Waals surface area contributed by atoms with E-state index in [0.717, 1.165) is 38.2 Å². The molecule has 2 aliphatic rings. The Hall–Kier alpha value is -1.59. The number of methoxy groups -OCH3 is 1. The van der Waals surface area contributed by atoms with Crippen LogP contribution in [0.4, 0.5) is 0 Å². The van der Waals surface area contributed by atoms with Crippen LogP contribution in [0, 0.1) is 0 Å². The molecule has 2 saturated heterocycles. The molecule has 1 N–H and O–H groups in total. The van der Waals surface area contributed by atoms with Crippen molar-refractivity contribution in [3.05, 3.63) is 29.8 Å². The van der Waals surface area contributed by atoms with Gasteiger partial charge in [0, 0.05) is 25.7 Å². The number of carbonyl (C=O) groups excluding carboxylic acids is 1. The Morgan fingerprint density at radius 1 is 1.38 bits per heavy atom. The van der Waals surface area contributed by atoms with E-state index in [-0.39, 0.29) is 12.0 Å². The highest BCUT2D eigenvalue weighted by atomic mass is 16.5. The molecule has 1 aromatic rings. The Kier molecular flexibility index (Phi) is 5.74. The Labute approximate surface area is 144 Å². The Balaban J connectivity index is 1.48. The topological polar surface area (TPSA) is 50.8 Å². The lowest BCUT2D eigenvalue weighted by molar-refractivity contribution is -0.122. The average molecular weight is 332 g/mol. The highest BCUT2D eigenvalue weighted by molar-refractivity contribution is 5.78. The summed E-state index contributed by atoms with van der Waals surface area (Å²) in [6.45, 7) is 5.08. The van der Waals surface area contributed by atoms with Gasteiger partial charge in [-0.05, 0) is 49.8 Å². The van der Waals surface area contributed by atoms with Gasteiger partial charge in [-0.15, -0.1) is 0 Å². The normalized spacial score (nSPS) is 27.3. The van der Waals surface area contributed by atoms with Crippen molar-refractivity contribution < 1.29 is 14.3 Å². The molecule has 3 atom stereocenters. The second-order valence-electron chi connectivity index (χ2n) is 6.92. The smallest absolute Gasteiger partial charge is 0.234 e. The van der Waals surface area contributed by atoms with Crippen molar-refractivity contribution in [3.8, 4) is 5.75 Å². The quantitative estimate of drug-likeness (QED) is 0.867. The number of nitrogens with zero attached hydrogens (tertiary/aromatic N) is 1. The van der Waals surface area contributed by atoms with Crippen molar-refractivity contribution in [1.29, 1.82) is 0 Å². The van der Waals surface area contributed by atoms with Crippen molar-refractivity contribution >= 4 is 5.91 Å². The summed E-state index contributed by atoms with van der Waals surface area (Å²) >= 11 is 0. The van der Waals surface area contributed by atoms with E-state index in [1.165, 1.54) is 5.56 Å². The molecule has 0 spiro atoms. The van der Waals surface area contributed by atoms with E-state index in [2.05, 4.69) is 29.3 Å². The molecule has 3 rings (SSSR count). The third kappa shape index (κ3) is 4.28. The summed E-state index contributed by atoms with van der Waals surface area (Å²) in [6, 6.07) is 8.72. The molecule has 5 nitrogen and oxygen atoms in total. The molecule has 1 aromatic carbocycles. The van der Waals surface area contributed by atoms with E-state index in [9.17, 15) is 4.79 Å². The molecule has 0 radical (unpaired) electrons. The lowest BCUT2D eigenvalue weighted by atomic mass is 9.97. The van der Waals surface area contributed by atoms with Gasteiger partial charge >= 0.3 is 0 Å². The molecule has 1 amide bonds. The van der Waals surface area contributed by atoms with Crippen LogP contribution in [0.5, 0.6) is 5.75 Å². The number of hydrogen-bond donors (Lipinski definition) is 1. The van der Waals surface area contributed by atoms with E-state index in [1.807, 2.05) is 12.1 Å². The Morgan fingerprint density at radius 2 is 2.17 bits per heavy atom. The molecule has 132 valence electrons. The number of carbonyl (C=O) groups is 1. The largest absolute Gasteiger partial charge is 0.497 e. The van der Waals surface area contributed by atoms with Gasteiger partial charge in [0.1, 0.15) is 5.75 Å². The summed E-state index contributed by atoms with van der Waals surface area (Å²) < 4.78 is 10.8. The highest BCUT2D eigenvalue weighted by Crippen LogP contribution is 2.32. The van der Waals surface area contributed by atoms with Gasteiger partial charge in [-0.2, -0.15) is 0 Å². The molecule has 2 aliphatic heterocycles. The van der Waals surface area contributed by atoms with Crippen molar-refractivity contribution in [3.63, 3.8) is 0 Å². The zero-order valence-electron chi connectivity index (χ0n) is 14.7. The minimum atomic E-state index is 0.104. The van der Waals surface area contributed by atoms with E-state index in [0.29, 0.717) is 25.0 Å². The molecule has 0 bridgehead atoms. The van der Waals surface area contributed by atoms with Crippen LogP contribution < -0.4 is 10.1 Å². The molecular formula is C19H28N2O3. The van der Waals surface area contributed by atoms with Gasteiger partial charge in [0.2, 0.25) is 5.91 Å². The van der Waals surface area contributed by atoms with E-state index >= 15 is 0 Å². The summed E-state index contributed by atoms with van der Waals surface area (Å²) in [4.78, 5) is 14.5. The number of hydrogen-bond acceptors (Lipinski definition) is 4. The van der Waals surface area contributed by atoms with Crippen molar-refractivity contribution in [2.24, 2.45) is 0 Å². The minimum absolute atomic E-state index is 0.104. The van der Waals surface area contributed by atoms with Gasteiger partial charge in [0.15, 0.2) is 0 Å². The molecule has 0 aliphatic carbocycles. The predicted octanol–water partition coefficient (Wildman–Crippen LogP) is 2.17. The fourth-order valence-corrected chi connectivity index (χ4v) is 3.71. The van der Waals surface area contributed by atoms with Crippen LogP contribution in [0.2, 0.25) is 0 Å². The zero-order chi connectivity index (χ0) is 16.9. The van der Waals surface area contributed by atoms with E-state index < -0.39 is 0 Å². The van der Waals surface area contributed by atoms with E-state index in [4.69, 9.17) is 9.47 Å². The first-order valence-electron chi connectivity index (χ1n) is 8.92. The van der Waals surface area contributed by atoms with E-state index in [1.54, 1.807) is 7.11 Å². The number of ether oxygens (including phenoxy) is 2. The van der Waals surface area contributed by atoms with Crippen molar-refractivity contribution in [1.82, 2.24) is 10.2 Å². The second-order valence-corrected chi connectivity index (χ2v) is 6.92. The Bertz CT molecular complexity index is 540. The summed E-state index contributed by atoms with van der Waals surface area (Å²) in [5, 5.41) is 3.02. The lowest BCUT2D eigenvalue weighted by Crippen LogP contribution is -2.41. The first-order valence-corrected chi connectivity index (χ1v) is 8.92. The average Bonchev–Trinajstić information content (AvgIpc) is 3.23. The third-order valence-electron chi connectivity index (χ3n) is 5.19. The number of rotatable bonds is 6. The SMILES string of the molecule is COc1ccc([C@@H]2C[C@@H](C)N(CC(=O)NC[C@@H]3CCCO3)C2)cc1. The maximum atomic E-state index is 12.2. The van der Waals surface area contributed by atoms with Crippen LogP contribution in [-0.4, -0.2) is 56.3 Å². The van der Waals surface area contributed by atoms with Gasteiger partial charge in [-0.1, -0.05) is 12.1 Å². The maximum absolute atomic E-state index is 12.2. The molecule has 0 saturated carbocycles. The molecule has 0 aromatic heterocycles. The molecule has 0 unspecified atom stereocenters. The molecule has 5 heteroatoms. The van der Waals surface area contributed by atoms with Gasteiger partial charge in [0.25, 0.3) is 0 Å². The molecular weight excluding hydrogens is 304 g/mol. The molecule has 2 heterocycles. The predicted molar refractivity (Wildman–Crippen MR) is 93.4 cm³/mol. The van der Waals surface area contributed by atoms with Gasteiger partial charge in [0.05, 0.1) is 19.8 Å². The lowest BCUT2D eigenvalue weighted by Gasteiger charge is -2.21. The van der Waals surface area contributed by atoms with Crippen LogP contribution in [0.15, 0.2) is 24.3 Å². The van der Waals surface area contributed by atoms with Crippen LogP contribution in [0.25, 0.3) is 0 Å². The number of likely N-dealkylation sites (tertiary alicyclic amines) is 1. The van der Waals surface area contributed by atoms with Gasteiger partial charge in [-0.25, -0.2) is 0 Å². The van der Waals surface area contributed by atoms with Crippen LogP contribution in [0.1, 0.15) is 37.7 Å². The fraction of sp³-hybridized carbons (Fsp3) is 0.632. The Morgan fingerprint density at radius 3 is 2.83 bits per heavy atom. The minimum Gasteiger partial charge on any atom is -0.497 e. The maximum Gasteiger partial charge on any atom is 0.234 e.